The fourth-order valence-corrected chi connectivity index (χ4v) is 3.74. The number of piperidine rings is 1. The Morgan fingerprint density at radius 2 is 2.08 bits per heavy atom. The van der Waals surface area contributed by atoms with Gasteiger partial charge in [-0.25, -0.2) is 14.9 Å². The van der Waals surface area contributed by atoms with Crippen LogP contribution in [0.25, 0.3) is 11.0 Å². The molecule has 1 N–H and O–H groups in total. The molecule has 3 heterocycles. The lowest BCUT2D eigenvalue weighted by Crippen LogP contribution is -2.38. The highest BCUT2D eigenvalue weighted by Gasteiger charge is 2.28. The Bertz CT molecular complexity index is 1010. The van der Waals surface area contributed by atoms with Crippen LogP contribution in [0.2, 0.25) is 0 Å². The second-order valence-electron chi connectivity index (χ2n) is 6.76. The third kappa shape index (κ3) is 2.71. The van der Waals surface area contributed by atoms with Gasteiger partial charge < -0.3 is 9.47 Å². The summed E-state index contributed by atoms with van der Waals surface area (Å²) in [5, 5.41) is 6.72. The largest absolute Gasteiger partial charge is 0.343 e. The van der Waals surface area contributed by atoms with Crippen LogP contribution in [0.3, 0.4) is 0 Å². The van der Waals surface area contributed by atoms with Gasteiger partial charge in [0.1, 0.15) is 5.82 Å². The number of hydrogen-bond acceptors (Lipinski definition) is 4. The number of likely N-dealkylation sites (tertiary alicyclic amines) is 1. The molecule has 8 heteroatoms. The number of carbonyl (C=O) groups excluding carboxylic acids is 1. The predicted molar refractivity (Wildman–Crippen MR) is 97.1 cm³/mol. The molecule has 1 fully saturated rings. The topological polar surface area (TPSA) is 88.8 Å². The first-order valence-electron chi connectivity index (χ1n) is 8.94. The SMILES string of the molecule is CCn1c(C2CCN(C(=O)c3ccc4c(c3)ncn4C)CC2)n[nH]c1=O. The zero-order valence-electron chi connectivity index (χ0n) is 15.0. The Labute approximate surface area is 150 Å². The Morgan fingerprint density at radius 1 is 1.31 bits per heavy atom. The van der Waals surface area contributed by atoms with Crippen molar-refractivity contribution in [2.45, 2.75) is 32.2 Å². The molecule has 1 amide bonds. The molecule has 0 spiro atoms. The zero-order valence-corrected chi connectivity index (χ0v) is 15.0. The van der Waals surface area contributed by atoms with Crippen LogP contribution in [0.5, 0.6) is 0 Å². The molecule has 8 nitrogen and oxygen atoms in total. The summed E-state index contributed by atoms with van der Waals surface area (Å²) in [4.78, 5) is 30.8. The number of aromatic nitrogens is 5. The van der Waals surface area contributed by atoms with Crippen molar-refractivity contribution in [2.75, 3.05) is 13.1 Å². The number of rotatable bonds is 3. The molecule has 1 saturated heterocycles. The lowest BCUT2D eigenvalue weighted by molar-refractivity contribution is 0.0710. The van der Waals surface area contributed by atoms with Crippen LogP contribution < -0.4 is 5.69 Å². The molecule has 0 unspecified atom stereocenters. The average molecular weight is 354 g/mol. The highest BCUT2D eigenvalue weighted by atomic mass is 16.2. The van der Waals surface area contributed by atoms with E-state index in [1.165, 1.54) is 0 Å². The lowest BCUT2D eigenvalue weighted by Gasteiger charge is -2.31. The highest BCUT2D eigenvalue weighted by Crippen LogP contribution is 2.27. The van der Waals surface area contributed by atoms with Gasteiger partial charge in [0.05, 0.1) is 17.4 Å². The fraction of sp³-hybridized carbons (Fsp3) is 0.444. The number of amides is 1. The first kappa shape index (κ1) is 16.6. The molecule has 0 saturated carbocycles. The summed E-state index contributed by atoms with van der Waals surface area (Å²) in [6, 6.07) is 5.65. The number of H-pyrrole nitrogens is 1. The van der Waals surface area contributed by atoms with Crippen molar-refractivity contribution in [3.8, 4) is 0 Å². The van der Waals surface area contributed by atoms with Crippen LogP contribution >= 0.6 is 0 Å². The smallest absolute Gasteiger partial charge is 0.339 e. The van der Waals surface area contributed by atoms with Crippen LogP contribution in [0.15, 0.2) is 29.3 Å². The van der Waals surface area contributed by atoms with E-state index in [9.17, 15) is 9.59 Å². The summed E-state index contributed by atoms with van der Waals surface area (Å²) < 4.78 is 3.61. The number of aryl methyl sites for hydroxylation is 1. The van der Waals surface area contributed by atoms with Crippen molar-refractivity contribution in [3.05, 3.63) is 46.4 Å². The van der Waals surface area contributed by atoms with Crippen LogP contribution in [-0.2, 0) is 13.6 Å². The minimum Gasteiger partial charge on any atom is -0.339 e. The normalized spacial score (nSPS) is 15.7. The summed E-state index contributed by atoms with van der Waals surface area (Å²) >= 11 is 0. The van der Waals surface area contributed by atoms with Crippen LogP contribution in [0.4, 0.5) is 0 Å². The molecule has 1 aliphatic heterocycles. The van der Waals surface area contributed by atoms with E-state index in [1.54, 1.807) is 10.9 Å². The van der Waals surface area contributed by atoms with Crippen molar-refractivity contribution >= 4 is 16.9 Å². The van der Waals surface area contributed by atoms with Crippen LogP contribution in [0, 0.1) is 0 Å². The zero-order chi connectivity index (χ0) is 18.3. The number of aromatic amines is 1. The Kier molecular flexibility index (Phi) is 4.10. The summed E-state index contributed by atoms with van der Waals surface area (Å²) in [6.45, 7) is 3.86. The molecule has 2 aromatic heterocycles. The molecular formula is C18H22N6O2. The molecule has 26 heavy (non-hydrogen) atoms. The quantitative estimate of drug-likeness (QED) is 0.772. The Morgan fingerprint density at radius 3 is 2.81 bits per heavy atom. The van der Waals surface area contributed by atoms with Gasteiger partial charge in [-0.15, -0.1) is 0 Å². The molecule has 1 aromatic carbocycles. The maximum Gasteiger partial charge on any atom is 0.343 e. The fourth-order valence-electron chi connectivity index (χ4n) is 3.74. The molecule has 0 aliphatic carbocycles. The van der Waals surface area contributed by atoms with Gasteiger partial charge in [-0.1, -0.05) is 0 Å². The number of nitrogens with zero attached hydrogens (tertiary/aromatic N) is 5. The first-order valence-corrected chi connectivity index (χ1v) is 8.94. The number of benzene rings is 1. The Balaban J connectivity index is 1.48. The van der Waals surface area contributed by atoms with E-state index < -0.39 is 0 Å². The third-order valence-corrected chi connectivity index (χ3v) is 5.22. The van der Waals surface area contributed by atoms with Crippen LogP contribution in [-0.4, -0.2) is 48.2 Å². The number of imidazole rings is 1. The minimum absolute atomic E-state index is 0.0333. The second-order valence-corrected chi connectivity index (χ2v) is 6.76. The van der Waals surface area contributed by atoms with Gasteiger partial charge in [-0.2, -0.15) is 5.10 Å². The molecule has 4 rings (SSSR count). The lowest BCUT2D eigenvalue weighted by atomic mass is 9.95. The van der Waals surface area contributed by atoms with Gasteiger partial charge in [0.2, 0.25) is 0 Å². The van der Waals surface area contributed by atoms with Crippen molar-refractivity contribution in [1.82, 2.24) is 29.2 Å². The predicted octanol–water partition coefficient (Wildman–Crippen LogP) is 1.50. The molecule has 136 valence electrons. The Hall–Kier alpha value is -2.90. The van der Waals surface area contributed by atoms with Gasteiger partial charge >= 0.3 is 5.69 Å². The first-order chi connectivity index (χ1) is 12.6. The highest BCUT2D eigenvalue weighted by molar-refractivity contribution is 5.97. The van der Waals surface area contributed by atoms with E-state index in [0.717, 1.165) is 29.7 Å². The van der Waals surface area contributed by atoms with E-state index >= 15 is 0 Å². The summed E-state index contributed by atoms with van der Waals surface area (Å²) in [7, 11) is 1.94. The summed E-state index contributed by atoms with van der Waals surface area (Å²) in [5.74, 6) is 1.04. The second kappa shape index (κ2) is 6.44. The van der Waals surface area contributed by atoms with Crippen molar-refractivity contribution in [3.63, 3.8) is 0 Å². The number of nitrogens with one attached hydrogen (secondary N) is 1. The van der Waals surface area contributed by atoms with Crippen LogP contribution in [0.1, 0.15) is 41.9 Å². The number of hydrogen-bond donors (Lipinski definition) is 1. The number of carbonyl (C=O) groups is 1. The van der Waals surface area contributed by atoms with E-state index in [2.05, 4.69) is 15.2 Å². The van der Waals surface area contributed by atoms with Gasteiger partial charge in [-0.05, 0) is 38.0 Å². The third-order valence-electron chi connectivity index (χ3n) is 5.22. The van der Waals surface area contributed by atoms with Crippen molar-refractivity contribution < 1.29 is 4.79 Å². The van der Waals surface area contributed by atoms with Crippen molar-refractivity contribution in [1.29, 1.82) is 0 Å². The van der Waals surface area contributed by atoms with Gasteiger partial charge in [-0.3, -0.25) is 9.36 Å². The van der Waals surface area contributed by atoms with Crippen molar-refractivity contribution in [2.24, 2.45) is 7.05 Å². The average Bonchev–Trinajstić information content (AvgIpc) is 3.23. The molecular weight excluding hydrogens is 332 g/mol. The number of fused-ring (bicyclic) bond motifs is 1. The monoisotopic (exact) mass is 354 g/mol. The molecule has 0 bridgehead atoms. The van der Waals surface area contributed by atoms with Gasteiger partial charge in [0.25, 0.3) is 5.91 Å². The molecule has 1 aliphatic rings. The molecule has 0 atom stereocenters. The van der Waals surface area contributed by atoms with Gasteiger partial charge in [0.15, 0.2) is 0 Å². The minimum atomic E-state index is -0.162. The van der Waals surface area contributed by atoms with Gasteiger partial charge in [0, 0.05) is 38.2 Å². The maximum absolute atomic E-state index is 12.8. The van der Waals surface area contributed by atoms with E-state index in [0.29, 0.717) is 25.2 Å². The summed E-state index contributed by atoms with van der Waals surface area (Å²) in [6.07, 6.45) is 3.37. The molecule has 3 aromatic rings. The van der Waals surface area contributed by atoms with E-state index in [1.807, 2.05) is 41.6 Å². The van der Waals surface area contributed by atoms with E-state index in [-0.39, 0.29) is 17.5 Å². The maximum atomic E-state index is 12.8. The summed E-state index contributed by atoms with van der Waals surface area (Å²) in [5.41, 5.74) is 2.35. The van der Waals surface area contributed by atoms with E-state index in [4.69, 9.17) is 0 Å². The molecule has 0 radical (unpaired) electrons. The standard InChI is InChI=1S/C18H22N6O2/c1-3-24-16(20-21-18(24)26)12-6-8-23(9-7-12)17(25)13-4-5-15-14(10-13)19-11-22(15)2/h4-5,10-12H,3,6-9H2,1-2H3,(H,21,26).